The van der Waals surface area contributed by atoms with Gasteiger partial charge in [-0.05, 0) is 39.8 Å². The van der Waals surface area contributed by atoms with Gasteiger partial charge < -0.3 is 20.1 Å². The van der Waals surface area contributed by atoms with Gasteiger partial charge in [-0.1, -0.05) is 0 Å². The van der Waals surface area contributed by atoms with Crippen LogP contribution in [0.15, 0.2) is 24.3 Å². The summed E-state index contributed by atoms with van der Waals surface area (Å²) in [7, 11) is 0. The lowest BCUT2D eigenvalue weighted by atomic mass is 10.1. The van der Waals surface area contributed by atoms with E-state index in [2.05, 4.69) is 41.4 Å². The number of benzene rings is 1. The summed E-state index contributed by atoms with van der Waals surface area (Å²) in [5, 5.41) is 6.66. The van der Waals surface area contributed by atoms with Gasteiger partial charge in [0.1, 0.15) is 30.7 Å². The first-order valence-electron chi connectivity index (χ1n) is 7.70. The second-order valence-corrected chi connectivity index (χ2v) is 6.54. The van der Waals surface area contributed by atoms with Gasteiger partial charge in [0.25, 0.3) is 0 Å². The van der Waals surface area contributed by atoms with Crippen molar-refractivity contribution in [3.05, 3.63) is 30.1 Å². The van der Waals surface area contributed by atoms with Crippen molar-refractivity contribution in [3.8, 4) is 11.5 Å². The monoisotopic (exact) mass is 314 g/mol. The lowest BCUT2D eigenvalue weighted by molar-refractivity contribution is 0.171. The maximum atomic E-state index is 5.61. The molecule has 122 valence electrons. The molecule has 2 N–H and O–H groups in total. The quantitative estimate of drug-likeness (QED) is 0.903. The zero-order valence-corrected chi connectivity index (χ0v) is 13.9. The Morgan fingerprint density at radius 1 is 0.957 bits per heavy atom. The lowest BCUT2D eigenvalue weighted by Crippen LogP contribution is -2.26. The fourth-order valence-corrected chi connectivity index (χ4v) is 2.35. The largest absolute Gasteiger partial charge is 0.486 e. The molecule has 3 rings (SSSR count). The summed E-state index contributed by atoms with van der Waals surface area (Å²) < 4.78 is 11.1. The third-order valence-corrected chi connectivity index (χ3v) is 3.16. The molecule has 1 aromatic carbocycles. The molecule has 2 aromatic rings. The molecule has 6 heteroatoms. The van der Waals surface area contributed by atoms with Gasteiger partial charge in [0.05, 0.1) is 0 Å². The zero-order valence-electron chi connectivity index (χ0n) is 13.9. The van der Waals surface area contributed by atoms with E-state index >= 15 is 0 Å². The van der Waals surface area contributed by atoms with Crippen LogP contribution in [0.1, 0.15) is 26.6 Å². The van der Waals surface area contributed by atoms with Gasteiger partial charge in [-0.2, -0.15) is 0 Å². The van der Waals surface area contributed by atoms with Crippen molar-refractivity contribution in [1.29, 1.82) is 0 Å². The van der Waals surface area contributed by atoms with E-state index in [0.29, 0.717) is 19.0 Å². The Hall–Kier alpha value is -2.50. The van der Waals surface area contributed by atoms with E-state index in [0.717, 1.165) is 28.8 Å². The highest BCUT2D eigenvalue weighted by molar-refractivity contribution is 5.63. The van der Waals surface area contributed by atoms with Crippen molar-refractivity contribution in [3.63, 3.8) is 0 Å². The second kappa shape index (κ2) is 5.95. The zero-order chi connectivity index (χ0) is 16.4. The van der Waals surface area contributed by atoms with Crippen LogP contribution in [0.3, 0.4) is 0 Å². The number of anilines is 3. The number of nitrogens with one attached hydrogen (secondary N) is 2. The standard InChI is InChI=1S/C17H22N4O2/c1-11-18-15(10-16(19-11)21-17(2,3)4)20-12-5-6-13-14(9-12)23-8-7-22-13/h5-6,9-10H,7-8H2,1-4H3,(H2,18,19,20,21). The number of hydrogen-bond donors (Lipinski definition) is 2. The van der Waals surface area contributed by atoms with E-state index in [1.165, 1.54) is 0 Å². The Balaban J connectivity index is 1.82. The predicted molar refractivity (Wildman–Crippen MR) is 90.9 cm³/mol. The Kier molecular flexibility index (Phi) is 3.98. The first-order valence-corrected chi connectivity index (χ1v) is 7.70. The normalized spacial score (nSPS) is 13.6. The van der Waals surface area contributed by atoms with Gasteiger partial charge in [-0.25, -0.2) is 9.97 Å². The van der Waals surface area contributed by atoms with E-state index in [1.807, 2.05) is 31.2 Å². The Morgan fingerprint density at radius 3 is 2.39 bits per heavy atom. The van der Waals surface area contributed by atoms with E-state index in [9.17, 15) is 0 Å². The number of fused-ring (bicyclic) bond motifs is 1. The summed E-state index contributed by atoms with van der Waals surface area (Å²) in [5.41, 5.74) is 0.837. The van der Waals surface area contributed by atoms with E-state index < -0.39 is 0 Å². The van der Waals surface area contributed by atoms with E-state index in [1.54, 1.807) is 0 Å². The molecule has 1 aliphatic heterocycles. The third-order valence-electron chi connectivity index (χ3n) is 3.16. The van der Waals surface area contributed by atoms with Crippen LogP contribution >= 0.6 is 0 Å². The smallest absolute Gasteiger partial charge is 0.163 e. The number of aromatic nitrogens is 2. The maximum Gasteiger partial charge on any atom is 0.163 e. The van der Waals surface area contributed by atoms with Gasteiger partial charge >= 0.3 is 0 Å². The molecule has 0 fully saturated rings. The summed E-state index contributed by atoms with van der Waals surface area (Å²) in [6.45, 7) is 9.33. The minimum absolute atomic E-state index is 0.0605. The van der Waals surface area contributed by atoms with Crippen molar-refractivity contribution in [2.75, 3.05) is 23.8 Å². The lowest BCUT2D eigenvalue weighted by Gasteiger charge is -2.22. The van der Waals surface area contributed by atoms with Gasteiger partial charge in [0, 0.05) is 23.4 Å². The number of aryl methyl sites for hydroxylation is 1. The number of nitrogens with zero attached hydrogens (tertiary/aromatic N) is 2. The van der Waals surface area contributed by atoms with Gasteiger partial charge in [-0.3, -0.25) is 0 Å². The molecular formula is C17H22N4O2. The van der Waals surface area contributed by atoms with Crippen LogP contribution in [0.2, 0.25) is 0 Å². The maximum absolute atomic E-state index is 5.61. The number of ether oxygens (including phenoxy) is 2. The molecule has 0 saturated carbocycles. The van der Waals surface area contributed by atoms with Crippen molar-refractivity contribution >= 4 is 17.3 Å². The SMILES string of the molecule is Cc1nc(Nc2ccc3c(c2)OCCO3)cc(NC(C)(C)C)n1. The highest BCUT2D eigenvalue weighted by Crippen LogP contribution is 2.33. The molecule has 1 aromatic heterocycles. The van der Waals surface area contributed by atoms with Crippen molar-refractivity contribution < 1.29 is 9.47 Å². The van der Waals surface area contributed by atoms with E-state index in [4.69, 9.17) is 9.47 Å². The Bertz CT molecular complexity index is 710. The van der Waals surface area contributed by atoms with Crippen LogP contribution in [0.5, 0.6) is 11.5 Å². The highest BCUT2D eigenvalue weighted by atomic mass is 16.6. The molecule has 0 unspecified atom stereocenters. The summed E-state index contributed by atoms with van der Waals surface area (Å²) >= 11 is 0. The Labute approximate surface area is 136 Å². The number of hydrogen-bond acceptors (Lipinski definition) is 6. The van der Waals surface area contributed by atoms with Crippen LogP contribution in [-0.2, 0) is 0 Å². The molecule has 0 bridgehead atoms. The van der Waals surface area contributed by atoms with Crippen molar-refractivity contribution in [2.24, 2.45) is 0 Å². The first kappa shape index (κ1) is 15.4. The van der Waals surface area contributed by atoms with Crippen LogP contribution in [0.25, 0.3) is 0 Å². The molecule has 2 heterocycles. The predicted octanol–water partition coefficient (Wildman–Crippen LogP) is 3.51. The minimum Gasteiger partial charge on any atom is -0.486 e. The van der Waals surface area contributed by atoms with Crippen LogP contribution in [-0.4, -0.2) is 28.7 Å². The molecule has 0 saturated heterocycles. The van der Waals surface area contributed by atoms with Gasteiger partial charge in [-0.15, -0.1) is 0 Å². The highest BCUT2D eigenvalue weighted by Gasteiger charge is 2.14. The third kappa shape index (κ3) is 4.03. The minimum atomic E-state index is -0.0605. The molecule has 0 aliphatic carbocycles. The topological polar surface area (TPSA) is 68.3 Å². The van der Waals surface area contributed by atoms with Crippen molar-refractivity contribution in [1.82, 2.24) is 9.97 Å². The summed E-state index contributed by atoms with van der Waals surface area (Å²) in [5.74, 6) is 3.76. The van der Waals surface area contributed by atoms with Crippen LogP contribution in [0.4, 0.5) is 17.3 Å². The van der Waals surface area contributed by atoms with Gasteiger partial charge in [0.2, 0.25) is 0 Å². The van der Waals surface area contributed by atoms with Crippen LogP contribution < -0.4 is 20.1 Å². The first-order chi connectivity index (χ1) is 10.9. The van der Waals surface area contributed by atoms with Crippen molar-refractivity contribution in [2.45, 2.75) is 33.2 Å². The van der Waals surface area contributed by atoms with Gasteiger partial charge in [0.15, 0.2) is 11.5 Å². The average Bonchev–Trinajstić information content (AvgIpc) is 2.44. The fourth-order valence-electron chi connectivity index (χ4n) is 2.35. The summed E-state index contributed by atoms with van der Waals surface area (Å²) in [6, 6.07) is 7.67. The average molecular weight is 314 g/mol. The fraction of sp³-hybridized carbons (Fsp3) is 0.412. The molecule has 1 aliphatic rings. The molecule has 0 amide bonds. The Morgan fingerprint density at radius 2 is 1.65 bits per heavy atom. The molecule has 0 spiro atoms. The summed E-state index contributed by atoms with van der Waals surface area (Å²) in [6.07, 6.45) is 0. The molecule has 0 radical (unpaired) electrons. The molecular weight excluding hydrogens is 292 g/mol. The number of rotatable bonds is 3. The summed E-state index contributed by atoms with van der Waals surface area (Å²) in [4.78, 5) is 8.86. The molecule has 23 heavy (non-hydrogen) atoms. The molecule has 0 atom stereocenters. The second-order valence-electron chi connectivity index (χ2n) is 6.54. The van der Waals surface area contributed by atoms with E-state index in [-0.39, 0.29) is 5.54 Å². The van der Waals surface area contributed by atoms with Crippen LogP contribution in [0, 0.1) is 6.92 Å². The molecule has 6 nitrogen and oxygen atoms in total.